The van der Waals surface area contributed by atoms with E-state index in [2.05, 4.69) is 65.4 Å². The van der Waals surface area contributed by atoms with E-state index < -0.39 is 0 Å². The molecule has 120 valence electrons. The van der Waals surface area contributed by atoms with Crippen molar-refractivity contribution in [3.8, 4) is 11.1 Å². The molecule has 1 aromatic carbocycles. The van der Waals surface area contributed by atoms with Crippen LogP contribution in [0.3, 0.4) is 0 Å². The Morgan fingerprint density at radius 1 is 1.09 bits per heavy atom. The van der Waals surface area contributed by atoms with Gasteiger partial charge in [0.25, 0.3) is 0 Å². The van der Waals surface area contributed by atoms with E-state index in [-0.39, 0.29) is 0 Å². The molecule has 0 radical (unpaired) electrons. The number of anilines is 1. The maximum atomic E-state index is 4.67. The van der Waals surface area contributed by atoms with Gasteiger partial charge in [0, 0.05) is 23.8 Å². The normalized spacial score (nSPS) is 29.5. The van der Waals surface area contributed by atoms with Gasteiger partial charge in [-0.2, -0.15) is 0 Å². The lowest BCUT2D eigenvalue weighted by atomic mass is 9.79. The summed E-state index contributed by atoms with van der Waals surface area (Å²) in [4.78, 5) is 7.28. The maximum Gasteiger partial charge on any atom is 0.126 e. The number of hydrogen-bond donors (Lipinski definition) is 1. The van der Waals surface area contributed by atoms with Gasteiger partial charge in [0.2, 0.25) is 0 Å². The van der Waals surface area contributed by atoms with E-state index in [4.69, 9.17) is 0 Å². The van der Waals surface area contributed by atoms with Crippen LogP contribution in [0, 0.1) is 12.8 Å². The van der Waals surface area contributed by atoms with Gasteiger partial charge in [0.1, 0.15) is 5.82 Å². The molecule has 5 rings (SSSR count). The van der Waals surface area contributed by atoms with E-state index in [9.17, 15) is 0 Å². The summed E-state index contributed by atoms with van der Waals surface area (Å²) in [5.74, 6) is 1.81. The number of pyridine rings is 1. The third kappa shape index (κ3) is 2.86. The molecule has 1 N–H and O–H groups in total. The lowest BCUT2D eigenvalue weighted by Crippen LogP contribution is -2.59. The first-order valence-electron chi connectivity index (χ1n) is 8.74. The molecule has 23 heavy (non-hydrogen) atoms. The quantitative estimate of drug-likeness (QED) is 0.930. The Morgan fingerprint density at radius 3 is 2.57 bits per heavy atom. The maximum absolute atomic E-state index is 4.67. The van der Waals surface area contributed by atoms with Gasteiger partial charge in [0.15, 0.2) is 0 Å². The molecule has 2 aromatic rings. The van der Waals surface area contributed by atoms with Gasteiger partial charge in [-0.15, -0.1) is 0 Å². The fourth-order valence-electron chi connectivity index (χ4n) is 4.19. The van der Waals surface area contributed by atoms with Crippen molar-refractivity contribution in [1.29, 1.82) is 0 Å². The molecule has 0 aliphatic carbocycles. The molecule has 2 atom stereocenters. The first kappa shape index (κ1) is 14.7. The van der Waals surface area contributed by atoms with Crippen LogP contribution in [0.25, 0.3) is 11.1 Å². The molecular weight excluding hydrogens is 282 g/mol. The molecule has 3 heteroatoms. The number of fused-ring (bicyclic) bond motifs is 3. The summed E-state index contributed by atoms with van der Waals surface area (Å²) in [7, 11) is 0. The summed E-state index contributed by atoms with van der Waals surface area (Å²) < 4.78 is 0. The highest BCUT2D eigenvalue weighted by molar-refractivity contribution is 5.64. The number of benzene rings is 1. The van der Waals surface area contributed by atoms with Crippen LogP contribution < -0.4 is 5.32 Å². The molecule has 0 spiro atoms. The van der Waals surface area contributed by atoms with E-state index in [0.717, 1.165) is 11.7 Å². The second-order valence-corrected chi connectivity index (χ2v) is 7.09. The lowest BCUT2D eigenvalue weighted by molar-refractivity contribution is 0.0457. The Kier molecular flexibility index (Phi) is 3.82. The summed E-state index contributed by atoms with van der Waals surface area (Å²) in [5, 5.41) is 3.70. The number of hydrogen-bond acceptors (Lipinski definition) is 3. The van der Waals surface area contributed by atoms with Crippen LogP contribution >= 0.6 is 0 Å². The van der Waals surface area contributed by atoms with Crippen molar-refractivity contribution in [2.75, 3.05) is 18.4 Å². The van der Waals surface area contributed by atoms with Crippen LogP contribution in [0.1, 0.15) is 25.3 Å². The predicted octanol–water partition coefficient (Wildman–Crippen LogP) is 3.95. The van der Waals surface area contributed by atoms with Gasteiger partial charge in [-0.1, -0.05) is 29.8 Å². The summed E-state index contributed by atoms with van der Waals surface area (Å²) in [6.07, 6.45) is 4.63. The first-order valence-corrected chi connectivity index (χ1v) is 8.74. The molecule has 1 aromatic heterocycles. The van der Waals surface area contributed by atoms with E-state index in [0.29, 0.717) is 12.1 Å². The Balaban J connectivity index is 1.50. The van der Waals surface area contributed by atoms with Gasteiger partial charge in [-0.3, -0.25) is 4.90 Å². The molecular formula is C20H25N3. The van der Waals surface area contributed by atoms with Gasteiger partial charge in [-0.25, -0.2) is 4.98 Å². The van der Waals surface area contributed by atoms with Crippen LogP contribution in [0.15, 0.2) is 42.6 Å². The zero-order chi connectivity index (χ0) is 15.8. The third-order valence-corrected chi connectivity index (χ3v) is 5.61. The number of rotatable bonds is 3. The number of piperidine rings is 3. The van der Waals surface area contributed by atoms with Crippen molar-refractivity contribution < 1.29 is 0 Å². The summed E-state index contributed by atoms with van der Waals surface area (Å²) in [5.41, 5.74) is 3.70. The molecule has 3 nitrogen and oxygen atoms in total. The van der Waals surface area contributed by atoms with Gasteiger partial charge < -0.3 is 5.32 Å². The van der Waals surface area contributed by atoms with Crippen LogP contribution in [0.4, 0.5) is 5.82 Å². The molecule has 3 fully saturated rings. The largest absolute Gasteiger partial charge is 0.365 e. The molecule has 3 aliphatic rings. The summed E-state index contributed by atoms with van der Waals surface area (Å²) >= 11 is 0. The van der Waals surface area contributed by atoms with Crippen molar-refractivity contribution in [3.05, 3.63) is 48.2 Å². The van der Waals surface area contributed by atoms with Crippen molar-refractivity contribution >= 4 is 5.82 Å². The average molecular weight is 307 g/mol. The number of nitrogens with zero attached hydrogens (tertiary/aromatic N) is 2. The molecule has 0 amide bonds. The SMILES string of the molecule is Cc1cccc(-c2ccc(N[C@H]3C4CCN(CC4)[C@@H]3C)nc2)c1. The van der Waals surface area contributed by atoms with Crippen LogP contribution in [0.5, 0.6) is 0 Å². The van der Waals surface area contributed by atoms with Crippen LogP contribution in [-0.4, -0.2) is 35.1 Å². The molecule has 3 aliphatic heterocycles. The van der Waals surface area contributed by atoms with Crippen LogP contribution in [-0.2, 0) is 0 Å². The Morgan fingerprint density at radius 2 is 1.91 bits per heavy atom. The van der Waals surface area contributed by atoms with Gasteiger partial charge in [0.05, 0.1) is 0 Å². The Bertz CT molecular complexity index is 670. The summed E-state index contributed by atoms with van der Waals surface area (Å²) in [6.45, 7) is 7.01. The fourth-order valence-corrected chi connectivity index (χ4v) is 4.19. The van der Waals surface area contributed by atoms with E-state index >= 15 is 0 Å². The number of nitrogens with one attached hydrogen (secondary N) is 1. The number of aromatic nitrogens is 1. The minimum atomic E-state index is 0.537. The zero-order valence-corrected chi connectivity index (χ0v) is 14.0. The molecule has 3 saturated heterocycles. The number of aryl methyl sites for hydroxylation is 1. The van der Waals surface area contributed by atoms with E-state index in [1.807, 2.05) is 6.20 Å². The van der Waals surface area contributed by atoms with E-state index in [1.54, 1.807) is 0 Å². The van der Waals surface area contributed by atoms with Crippen LogP contribution in [0.2, 0.25) is 0 Å². The standard InChI is InChI=1S/C20H25N3/c1-14-4-3-5-17(12-14)18-6-7-19(21-13-18)22-20-15(2)23-10-8-16(20)9-11-23/h3-7,12-13,15-16,20H,8-11H2,1-2H3,(H,21,22)/t15-,20-/m1/s1. The van der Waals surface area contributed by atoms with Crippen molar-refractivity contribution in [1.82, 2.24) is 9.88 Å². The first-order chi connectivity index (χ1) is 11.2. The summed E-state index contributed by atoms with van der Waals surface area (Å²) in [6, 6.07) is 14.0. The highest BCUT2D eigenvalue weighted by Gasteiger charge is 2.39. The van der Waals surface area contributed by atoms with Crippen molar-refractivity contribution in [2.24, 2.45) is 5.92 Å². The molecule has 2 bridgehead atoms. The highest BCUT2D eigenvalue weighted by Crippen LogP contribution is 2.34. The average Bonchev–Trinajstić information content (AvgIpc) is 2.59. The molecule has 0 saturated carbocycles. The Labute approximate surface area is 138 Å². The topological polar surface area (TPSA) is 28.2 Å². The van der Waals surface area contributed by atoms with Crippen molar-refractivity contribution in [2.45, 2.75) is 38.8 Å². The van der Waals surface area contributed by atoms with Gasteiger partial charge in [-0.05, 0) is 63.4 Å². The fraction of sp³-hybridized carbons (Fsp3) is 0.450. The molecule has 4 heterocycles. The minimum Gasteiger partial charge on any atom is -0.365 e. The monoisotopic (exact) mass is 307 g/mol. The van der Waals surface area contributed by atoms with E-state index in [1.165, 1.54) is 42.6 Å². The lowest BCUT2D eigenvalue weighted by Gasteiger charge is -2.50. The third-order valence-electron chi connectivity index (χ3n) is 5.61. The smallest absolute Gasteiger partial charge is 0.126 e. The zero-order valence-electron chi connectivity index (χ0n) is 14.0. The Hall–Kier alpha value is -1.87. The highest BCUT2D eigenvalue weighted by atomic mass is 15.2. The second-order valence-electron chi connectivity index (χ2n) is 7.09. The predicted molar refractivity (Wildman–Crippen MR) is 95.6 cm³/mol. The minimum absolute atomic E-state index is 0.537. The van der Waals surface area contributed by atoms with Gasteiger partial charge >= 0.3 is 0 Å². The van der Waals surface area contributed by atoms with Crippen molar-refractivity contribution in [3.63, 3.8) is 0 Å². The molecule has 0 unspecified atom stereocenters. The second kappa shape index (κ2) is 5.97.